The summed E-state index contributed by atoms with van der Waals surface area (Å²) in [4.78, 5) is 7.63. The van der Waals surface area contributed by atoms with Crippen molar-refractivity contribution in [3.05, 3.63) is 0 Å². The van der Waals surface area contributed by atoms with E-state index in [1.807, 2.05) is 19.0 Å². The molecule has 0 bridgehead atoms. The molecule has 4 N–H and O–H groups in total. The summed E-state index contributed by atoms with van der Waals surface area (Å²) in [6.45, 7) is 0.581. The molecule has 0 amide bonds. The van der Waals surface area contributed by atoms with Gasteiger partial charge in [0.1, 0.15) is 6.29 Å². The summed E-state index contributed by atoms with van der Waals surface area (Å²) in [5, 5.41) is 0. The second-order valence-corrected chi connectivity index (χ2v) is 2.44. The van der Waals surface area contributed by atoms with E-state index in [4.69, 9.17) is 11.5 Å². The molecule has 5 heteroatoms. The molecule has 0 saturated carbocycles. The first-order valence-corrected chi connectivity index (χ1v) is 3.11. The van der Waals surface area contributed by atoms with Crippen LogP contribution in [0.2, 0.25) is 0 Å². The molecule has 1 atom stereocenters. The number of nitrogens with zero attached hydrogens (tertiary/aromatic N) is 3. The molecule has 1 aliphatic rings. The molecule has 10 heavy (non-hydrogen) atoms. The maximum absolute atomic E-state index is 5.70. The fourth-order valence-electron chi connectivity index (χ4n) is 0.810. The normalized spacial score (nSPS) is 28.5. The number of hydrogen-bond donors (Lipinski definition) is 2. The zero-order valence-electron chi connectivity index (χ0n) is 6.28. The average Bonchev–Trinajstić information content (AvgIpc) is 1.93. The Bertz CT molecular complexity index is 154. The molecule has 1 heterocycles. The number of rotatable bonds is 0. The van der Waals surface area contributed by atoms with Crippen molar-refractivity contribution in [2.45, 2.75) is 6.29 Å². The summed E-state index contributed by atoms with van der Waals surface area (Å²) in [7, 11) is 3.72. The summed E-state index contributed by atoms with van der Waals surface area (Å²) in [5.41, 5.74) is 11.2. The van der Waals surface area contributed by atoms with E-state index < -0.39 is 0 Å². The van der Waals surface area contributed by atoms with Gasteiger partial charge < -0.3 is 10.6 Å². The van der Waals surface area contributed by atoms with Crippen LogP contribution >= 0.6 is 0 Å². The second kappa shape index (κ2) is 2.43. The first-order valence-electron chi connectivity index (χ1n) is 3.11. The molecule has 5 nitrogen and oxygen atoms in total. The molecular weight excluding hydrogens is 130 g/mol. The van der Waals surface area contributed by atoms with Crippen LogP contribution in [0.25, 0.3) is 0 Å². The topological polar surface area (TPSA) is 70.9 Å². The van der Waals surface area contributed by atoms with Gasteiger partial charge in [-0.1, -0.05) is 0 Å². The lowest BCUT2D eigenvalue weighted by atomic mass is 10.5. The molecule has 0 fully saturated rings. The van der Waals surface area contributed by atoms with E-state index in [9.17, 15) is 0 Å². The van der Waals surface area contributed by atoms with Crippen LogP contribution in [-0.4, -0.2) is 42.8 Å². The fourth-order valence-corrected chi connectivity index (χ4v) is 0.810. The van der Waals surface area contributed by atoms with Crippen LogP contribution in [-0.2, 0) is 0 Å². The Kier molecular flexibility index (Phi) is 1.78. The maximum atomic E-state index is 5.70. The Morgan fingerprint density at radius 2 is 2.20 bits per heavy atom. The van der Waals surface area contributed by atoms with Gasteiger partial charge in [-0.05, 0) is 7.05 Å². The van der Waals surface area contributed by atoms with Gasteiger partial charge in [0, 0.05) is 7.05 Å². The number of aliphatic imine (C=N–C) groups is 1. The van der Waals surface area contributed by atoms with Gasteiger partial charge in [0.2, 0.25) is 0 Å². The van der Waals surface area contributed by atoms with E-state index >= 15 is 0 Å². The largest absolute Gasteiger partial charge is 0.370 e. The zero-order valence-corrected chi connectivity index (χ0v) is 6.28. The van der Waals surface area contributed by atoms with Crippen LogP contribution < -0.4 is 11.5 Å². The predicted octanol–water partition coefficient (Wildman–Crippen LogP) is -1.62. The second-order valence-electron chi connectivity index (χ2n) is 2.44. The summed E-state index contributed by atoms with van der Waals surface area (Å²) in [6, 6.07) is 0. The van der Waals surface area contributed by atoms with Crippen molar-refractivity contribution in [3.63, 3.8) is 0 Å². The third kappa shape index (κ3) is 1.05. The Morgan fingerprint density at radius 3 is 2.70 bits per heavy atom. The first-order chi connectivity index (χ1) is 4.63. The molecule has 58 valence electrons. The minimum Gasteiger partial charge on any atom is -0.370 e. The van der Waals surface area contributed by atoms with Gasteiger partial charge in [0.25, 0.3) is 0 Å². The third-order valence-electron chi connectivity index (χ3n) is 1.67. The molecule has 0 saturated heterocycles. The molecule has 0 aromatic rings. The van der Waals surface area contributed by atoms with Gasteiger partial charge in [0.15, 0.2) is 5.96 Å². The summed E-state index contributed by atoms with van der Waals surface area (Å²) < 4.78 is 0. The lowest BCUT2D eigenvalue weighted by molar-refractivity contribution is 0.127. The molecule has 1 aliphatic heterocycles. The predicted molar refractivity (Wildman–Crippen MR) is 40.0 cm³/mol. The van der Waals surface area contributed by atoms with Crippen molar-refractivity contribution in [1.29, 1.82) is 0 Å². The van der Waals surface area contributed by atoms with Crippen LogP contribution in [0, 0.1) is 0 Å². The Hall–Kier alpha value is -0.810. The number of nitrogens with two attached hydrogens (primary N) is 2. The van der Waals surface area contributed by atoms with Crippen LogP contribution in [0.15, 0.2) is 4.99 Å². The molecule has 1 unspecified atom stereocenters. The van der Waals surface area contributed by atoms with Crippen molar-refractivity contribution in [2.24, 2.45) is 16.5 Å². The molecular formula is C5H13N5. The first kappa shape index (κ1) is 7.30. The fraction of sp³-hybridized carbons (Fsp3) is 0.800. The van der Waals surface area contributed by atoms with Gasteiger partial charge in [0.05, 0.1) is 6.67 Å². The lowest BCUT2D eigenvalue weighted by Gasteiger charge is -2.35. The van der Waals surface area contributed by atoms with Crippen molar-refractivity contribution in [2.75, 3.05) is 20.8 Å². The highest BCUT2D eigenvalue weighted by molar-refractivity contribution is 5.78. The van der Waals surface area contributed by atoms with Crippen molar-refractivity contribution in [3.8, 4) is 0 Å². The summed E-state index contributed by atoms with van der Waals surface area (Å²) in [6.07, 6.45) is -0.141. The van der Waals surface area contributed by atoms with Gasteiger partial charge in [-0.2, -0.15) is 0 Å². The molecule has 0 radical (unpaired) electrons. The highest BCUT2D eigenvalue weighted by Crippen LogP contribution is 2.00. The van der Waals surface area contributed by atoms with Gasteiger partial charge in [-0.25, -0.2) is 4.99 Å². The van der Waals surface area contributed by atoms with Crippen molar-refractivity contribution in [1.82, 2.24) is 9.80 Å². The smallest absolute Gasteiger partial charge is 0.194 e. The summed E-state index contributed by atoms with van der Waals surface area (Å²) >= 11 is 0. The van der Waals surface area contributed by atoms with Crippen LogP contribution in [0.5, 0.6) is 0 Å². The Balaban J connectivity index is 2.71. The van der Waals surface area contributed by atoms with Crippen LogP contribution in [0.3, 0.4) is 0 Å². The van der Waals surface area contributed by atoms with Crippen molar-refractivity contribution >= 4 is 5.96 Å². The Labute approximate surface area is 60.3 Å². The minimum absolute atomic E-state index is 0.141. The van der Waals surface area contributed by atoms with E-state index in [0.29, 0.717) is 12.6 Å². The Morgan fingerprint density at radius 1 is 1.60 bits per heavy atom. The highest BCUT2D eigenvalue weighted by atomic mass is 15.5. The quantitative estimate of drug-likeness (QED) is 0.427. The van der Waals surface area contributed by atoms with Gasteiger partial charge >= 0.3 is 0 Å². The summed E-state index contributed by atoms with van der Waals surface area (Å²) in [5.74, 6) is 0.505. The van der Waals surface area contributed by atoms with Crippen LogP contribution in [0.1, 0.15) is 0 Å². The zero-order chi connectivity index (χ0) is 7.72. The molecule has 0 aliphatic carbocycles. The van der Waals surface area contributed by atoms with Gasteiger partial charge in [-0.15, -0.1) is 0 Å². The lowest BCUT2D eigenvalue weighted by Crippen LogP contribution is -2.58. The standard InChI is InChI=1S/C5H13N5/c1-9-3-8-4(6)10(2)5(9)7/h5H,3,7H2,1-2H3,(H2,6,8). The molecule has 0 spiro atoms. The van der Waals surface area contributed by atoms with Gasteiger partial charge in [-0.3, -0.25) is 10.6 Å². The SMILES string of the molecule is CN1CN=C(N)N(C)C1N. The van der Waals surface area contributed by atoms with Crippen molar-refractivity contribution < 1.29 is 0 Å². The molecule has 1 rings (SSSR count). The number of hydrogen-bond acceptors (Lipinski definition) is 5. The monoisotopic (exact) mass is 143 g/mol. The van der Waals surface area contributed by atoms with E-state index in [2.05, 4.69) is 4.99 Å². The molecule has 0 aromatic heterocycles. The third-order valence-corrected chi connectivity index (χ3v) is 1.67. The number of guanidine groups is 1. The van der Waals surface area contributed by atoms with E-state index in [1.165, 1.54) is 0 Å². The average molecular weight is 143 g/mol. The minimum atomic E-state index is -0.141. The van der Waals surface area contributed by atoms with E-state index in [-0.39, 0.29) is 6.29 Å². The maximum Gasteiger partial charge on any atom is 0.194 e. The molecule has 0 aromatic carbocycles. The van der Waals surface area contributed by atoms with Crippen LogP contribution in [0.4, 0.5) is 0 Å². The van der Waals surface area contributed by atoms with E-state index in [1.54, 1.807) is 4.90 Å². The highest BCUT2D eigenvalue weighted by Gasteiger charge is 2.20. The van der Waals surface area contributed by atoms with E-state index in [0.717, 1.165) is 0 Å².